The van der Waals surface area contributed by atoms with Gasteiger partial charge >= 0.3 is 0 Å². The Morgan fingerprint density at radius 1 is 0.944 bits per heavy atom. The van der Waals surface area contributed by atoms with E-state index < -0.39 is 6.10 Å². The van der Waals surface area contributed by atoms with E-state index in [0.717, 1.165) is 45.0 Å². The second-order valence-corrected chi connectivity index (χ2v) is 8.74. The van der Waals surface area contributed by atoms with Crippen LogP contribution >= 0.6 is 0 Å². The molecule has 8 heteroatoms. The summed E-state index contributed by atoms with van der Waals surface area (Å²) in [6, 6.07) is 19.8. The number of nitrogens with zero attached hydrogens (tertiary/aromatic N) is 3. The summed E-state index contributed by atoms with van der Waals surface area (Å²) in [5.74, 6) is 3.50. The molecule has 0 bridgehead atoms. The third-order valence-corrected chi connectivity index (χ3v) is 6.72. The molecule has 1 aromatic heterocycles. The van der Waals surface area contributed by atoms with Crippen molar-refractivity contribution >= 4 is 11.6 Å². The first-order chi connectivity index (χ1) is 17.6. The Kier molecular flexibility index (Phi) is 5.29. The monoisotopic (exact) mass is 482 g/mol. The molecule has 182 valence electrons. The number of aryl methyl sites for hydroxylation is 1. The topological polar surface area (TPSA) is 79.7 Å². The van der Waals surface area contributed by atoms with Gasteiger partial charge in [0.1, 0.15) is 23.9 Å². The zero-order valence-corrected chi connectivity index (χ0v) is 20.5. The molecule has 8 nitrogen and oxygen atoms in total. The van der Waals surface area contributed by atoms with Crippen molar-refractivity contribution in [2.75, 3.05) is 26.6 Å². The van der Waals surface area contributed by atoms with Crippen LogP contribution in [0.3, 0.4) is 0 Å². The summed E-state index contributed by atoms with van der Waals surface area (Å²) in [5, 5.41) is 8.13. The normalized spacial score (nSPS) is 17.8. The zero-order chi connectivity index (χ0) is 24.8. The van der Waals surface area contributed by atoms with Crippen molar-refractivity contribution in [2.45, 2.75) is 19.1 Å². The van der Waals surface area contributed by atoms with Gasteiger partial charge < -0.3 is 24.3 Å². The number of anilines is 1. The highest BCUT2D eigenvalue weighted by Crippen LogP contribution is 2.53. The average Bonchev–Trinajstić information content (AvgIpc) is 3.39. The number of aromatic nitrogens is 3. The molecule has 0 radical (unpaired) electrons. The van der Waals surface area contributed by atoms with Crippen LogP contribution in [0.5, 0.6) is 23.0 Å². The minimum Gasteiger partial charge on any atom is -0.497 e. The highest BCUT2D eigenvalue weighted by molar-refractivity contribution is 5.85. The van der Waals surface area contributed by atoms with Gasteiger partial charge in [0, 0.05) is 16.7 Å². The quantitative estimate of drug-likeness (QED) is 0.420. The fraction of sp³-hybridized carbons (Fsp3) is 0.214. The summed E-state index contributed by atoms with van der Waals surface area (Å²) in [7, 11) is 4.94. The van der Waals surface area contributed by atoms with E-state index in [-0.39, 0.29) is 6.04 Å². The number of rotatable bonds is 5. The van der Waals surface area contributed by atoms with Crippen LogP contribution in [-0.2, 0) is 0 Å². The molecule has 0 aliphatic carbocycles. The van der Waals surface area contributed by atoms with Crippen LogP contribution in [0.15, 0.2) is 72.6 Å². The van der Waals surface area contributed by atoms with Gasteiger partial charge in [0.05, 0.1) is 27.0 Å². The lowest BCUT2D eigenvalue weighted by Gasteiger charge is -2.39. The SMILES string of the molecule is COc1ccc([C@@H]2C3=C(Nc4ncnn42)c2cc(C)ccc2O[C@@H]3c2cccc(OC)c2OC)cc1. The Morgan fingerprint density at radius 3 is 2.53 bits per heavy atom. The number of benzene rings is 3. The molecule has 3 aromatic carbocycles. The summed E-state index contributed by atoms with van der Waals surface area (Å²) >= 11 is 0. The maximum absolute atomic E-state index is 6.75. The Labute approximate surface area is 209 Å². The van der Waals surface area contributed by atoms with Crippen LogP contribution in [0.1, 0.15) is 34.4 Å². The van der Waals surface area contributed by atoms with Crippen molar-refractivity contribution in [2.24, 2.45) is 0 Å². The largest absolute Gasteiger partial charge is 0.497 e. The van der Waals surface area contributed by atoms with Gasteiger partial charge in [0.15, 0.2) is 17.6 Å². The summed E-state index contributed by atoms with van der Waals surface area (Å²) in [6.45, 7) is 2.07. The van der Waals surface area contributed by atoms with Gasteiger partial charge in [-0.2, -0.15) is 10.1 Å². The van der Waals surface area contributed by atoms with Crippen molar-refractivity contribution in [3.63, 3.8) is 0 Å². The lowest BCUT2D eigenvalue weighted by Crippen LogP contribution is -2.32. The molecule has 0 unspecified atom stereocenters. The van der Waals surface area contributed by atoms with Crippen molar-refractivity contribution in [3.05, 3.63) is 94.8 Å². The van der Waals surface area contributed by atoms with Gasteiger partial charge in [-0.3, -0.25) is 0 Å². The molecule has 3 heterocycles. The van der Waals surface area contributed by atoms with E-state index in [1.165, 1.54) is 0 Å². The standard InChI is InChI=1S/C28H26N4O4/c1-16-8-13-21-20(14-16)24-23(27(36-21)19-6-5-7-22(34-3)26(19)35-4)25(32-28(31-24)29-15-30-32)17-9-11-18(33-2)12-10-17/h5-15,25,27H,1-4H3,(H,29,30,31)/t25-,27-/m1/s1. The molecular weight excluding hydrogens is 456 g/mol. The zero-order valence-electron chi connectivity index (χ0n) is 20.5. The van der Waals surface area contributed by atoms with Gasteiger partial charge in [-0.15, -0.1) is 0 Å². The second kappa shape index (κ2) is 8.64. The van der Waals surface area contributed by atoms with Crippen LogP contribution < -0.4 is 24.3 Å². The van der Waals surface area contributed by atoms with Crippen LogP contribution in [0.2, 0.25) is 0 Å². The molecule has 1 N–H and O–H groups in total. The summed E-state index contributed by atoms with van der Waals surface area (Å²) < 4.78 is 25.5. The van der Waals surface area contributed by atoms with Gasteiger partial charge in [-0.25, -0.2) is 4.68 Å². The molecule has 0 amide bonds. The van der Waals surface area contributed by atoms with E-state index in [1.807, 2.05) is 41.1 Å². The molecule has 0 saturated heterocycles. The molecule has 2 aliphatic rings. The molecule has 2 aliphatic heterocycles. The van der Waals surface area contributed by atoms with Crippen molar-refractivity contribution < 1.29 is 18.9 Å². The maximum atomic E-state index is 6.75. The predicted molar refractivity (Wildman–Crippen MR) is 136 cm³/mol. The van der Waals surface area contributed by atoms with Gasteiger partial charge in [0.25, 0.3) is 0 Å². The van der Waals surface area contributed by atoms with E-state index >= 15 is 0 Å². The number of hydrogen-bond acceptors (Lipinski definition) is 7. The second-order valence-electron chi connectivity index (χ2n) is 8.74. The minimum atomic E-state index is -0.475. The lowest BCUT2D eigenvalue weighted by molar-refractivity contribution is 0.216. The number of fused-ring (bicyclic) bond motifs is 3. The lowest BCUT2D eigenvalue weighted by atomic mass is 9.84. The van der Waals surface area contributed by atoms with Crippen LogP contribution in [0.25, 0.3) is 5.70 Å². The number of hydrogen-bond donors (Lipinski definition) is 1. The molecule has 4 aromatic rings. The highest BCUT2D eigenvalue weighted by Gasteiger charge is 2.42. The number of ether oxygens (including phenoxy) is 4. The van der Waals surface area contributed by atoms with Gasteiger partial charge in [-0.05, 0) is 42.8 Å². The maximum Gasteiger partial charge on any atom is 0.226 e. The molecule has 0 fully saturated rings. The third kappa shape index (κ3) is 3.37. The smallest absolute Gasteiger partial charge is 0.226 e. The first kappa shape index (κ1) is 22.0. The summed E-state index contributed by atoms with van der Waals surface area (Å²) in [5.41, 5.74) is 5.97. The average molecular weight is 483 g/mol. The highest BCUT2D eigenvalue weighted by atomic mass is 16.5. The van der Waals surface area contributed by atoms with Crippen LogP contribution in [0.4, 0.5) is 5.95 Å². The van der Waals surface area contributed by atoms with E-state index in [0.29, 0.717) is 17.4 Å². The molecule has 6 rings (SSSR count). The predicted octanol–water partition coefficient (Wildman–Crippen LogP) is 5.17. The fourth-order valence-corrected chi connectivity index (χ4v) is 5.07. The molecule has 0 saturated carbocycles. The Balaban J connectivity index is 1.63. The molecule has 36 heavy (non-hydrogen) atoms. The van der Waals surface area contributed by atoms with E-state index in [1.54, 1.807) is 27.7 Å². The number of para-hydroxylation sites is 1. The number of nitrogens with one attached hydrogen (secondary N) is 1. The Morgan fingerprint density at radius 2 is 1.78 bits per heavy atom. The van der Waals surface area contributed by atoms with E-state index in [9.17, 15) is 0 Å². The Bertz CT molecular complexity index is 1480. The third-order valence-electron chi connectivity index (χ3n) is 6.72. The molecule has 2 atom stereocenters. The van der Waals surface area contributed by atoms with Crippen molar-refractivity contribution in [1.82, 2.24) is 14.8 Å². The fourth-order valence-electron chi connectivity index (χ4n) is 5.07. The van der Waals surface area contributed by atoms with Gasteiger partial charge in [-0.1, -0.05) is 35.9 Å². The van der Waals surface area contributed by atoms with E-state index in [2.05, 4.69) is 46.6 Å². The van der Waals surface area contributed by atoms with E-state index in [4.69, 9.17) is 18.9 Å². The molecule has 0 spiro atoms. The summed E-state index contributed by atoms with van der Waals surface area (Å²) in [6.07, 6.45) is 1.09. The van der Waals surface area contributed by atoms with Crippen LogP contribution in [0, 0.1) is 6.92 Å². The summed E-state index contributed by atoms with van der Waals surface area (Å²) in [4.78, 5) is 4.51. The van der Waals surface area contributed by atoms with Crippen molar-refractivity contribution in [3.8, 4) is 23.0 Å². The van der Waals surface area contributed by atoms with Crippen molar-refractivity contribution in [1.29, 1.82) is 0 Å². The Hall–Kier alpha value is -4.46. The molecular formula is C28H26N4O4. The first-order valence-corrected chi connectivity index (χ1v) is 11.7. The minimum absolute atomic E-state index is 0.278. The first-order valence-electron chi connectivity index (χ1n) is 11.7. The van der Waals surface area contributed by atoms with Crippen LogP contribution in [-0.4, -0.2) is 36.1 Å². The van der Waals surface area contributed by atoms with Gasteiger partial charge in [0.2, 0.25) is 5.95 Å². The number of methoxy groups -OCH3 is 3.